The van der Waals surface area contributed by atoms with Gasteiger partial charge < -0.3 is 23.7 Å². The molecule has 0 N–H and O–H groups in total. The van der Waals surface area contributed by atoms with Crippen LogP contribution in [0.2, 0.25) is 0 Å². The van der Waals surface area contributed by atoms with Gasteiger partial charge in [-0.1, -0.05) is 19.6 Å². The molecule has 8 heteroatoms. The van der Waals surface area contributed by atoms with Crippen molar-refractivity contribution in [3.8, 4) is 17.2 Å². The molecule has 0 aliphatic rings. The van der Waals surface area contributed by atoms with Crippen molar-refractivity contribution in [3.05, 3.63) is 30.4 Å². The maximum atomic E-state index is 12.9. The fourth-order valence-electron chi connectivity index (χ4n) is 2.57. The molecule has 2 atom stereocenters. The minimum atomic E-state index is -0.780. The molecule has 168 valence electrons. The summed E-state index contributed by atoms with van der Waals surface area (Å²) in [5.74, 6) is 0.350. The SMILES string of the molecule is C=CCOC(=O)[C@@H](C)[C@@H](SCc1c(OC)cc(OC)cc1OC)C(=O)OC(C)(C)C. The van der Waals surface area contributed by atoms with Crippen molar-refractivity contribution >= 4 is 23.7 Å². The third-order valence-electron chi connectivity index (χ3n) is 4.03. The van der Waals surface area contributed by atoms with E-state index in [0.29, 0.717) is 23.0 Å². The van der Waals surface area contributed by atoms with Crippen LogP contribution >= 0.6 is 11.8 Å². The van der Waals surface area contributed by atoms with Crippen molar-refractivity contribution < 1.29 is 33.3 Å². The highest BCUT2D eigenvalue weighted by Gasteiger charge is 2.35. The Labute approximate surface area is 183 Å². The highest BCUT2D eigenvalue weighted by atomic mass is 32.2. The lowest BCUT2D eigenvalue weighted by Gasteiger charge is -2.26. The molecule has 0 spiro atoms. The number of esters is 2. The second kappa shape index (κ2) is 11.7. The Bertz CT molecular complexity index is 714. The van der Waals surface area contributed by atoms with Gasteiger partial charge in [0.15, 0.2) is 0 Å². The molecule has 0 radical (unpaired) electrons. The van der Waals surface area contributed by atoms with Crippen LogP contribution in [0.3, 0.4) is 0 Å². The van der Waals surface area contributed by atoms with E-state index in [0.717, 1.165) is 5.56 Å². The molecule has 0 bridgehead atoms. The Morgan fingerprint density at radius 2 is 1.63 bits per heavy atom. The van der Waals surface area contributed by atoms with Gasteiger partial charge in [0, 0.05) is 23.4 Å². The molecule has 1 aromatic carbocycles. The molecule has 0 saturated heterocycles. The summed E-state index contributed by atoms with van der Waals surface area (Å²) < 4.78 is 26.9. The van der Waals surface area contributed by atoms with Crippen LogP contribution in [0.25, 0.3) is 0 Å². The minimum Gasteiger partial charge on any atom is -0.496 e. The number of benzene rings is 1. The average molecular weight is 441 g/mol. The van der Waals surface area contributed by atoms with Gasteiger partial charge in [-0.05, 0) is 20.8 Å². The number of rotatable bonds is 11. The van der Waals surface area contributed by atoms with Gasteiger partial charge in [-0.25, -0.2) is 0 Å². The summed E-state index contributed by atoms with van der Waals surface area (Å²) in [5.41, 5.74) is 0.0573. The molecule has 30 heavy (non-hydrogen) atoms. The van der Waals surface area contributed by atoms with E-state index in [2.05, 4.69) is 6.58 Å². The lowest BCUT2D eigenvalue weighted by molar-refractivity contribution is -0.159. The fraction of sp³-hybridized carbons (Fsp3) is 0.545. The number of hydrogen-bond donors (Lipinski definition) is 0. The third-order valence-corrected chi connectivity index (χ3v) is 5.45. The molecule has 7 nitrogen and oxygen atoms in total. The first-order valence-corrected chi connectivity index (χ1v) is 10.5. The van der Waals surface area contributed by atoms with E-state index in [4.69, 9.17) is 23.7 Å². The van der Waals surface area contributed by atoms with Crippen molar-refractivity contribution in [2.24, 2.45) is 5.92 Å². The zero-order valence-corrected chi connectivity index (χ0v) is 19.6. The minimum absolute atomic E-state index is 0.0784. The smallest absolute Gasteiger partial charge is 0.320 e. The number of carbonyl (C=O) groups is 2. The molecule has 0 aromatic heterocycles. The van der Waals surface area contributed by atoms with Gasteiger partial charge in [-0.15, -0.1) is 11.8 Å². The predicted molar refractivity (Wildman–Crippen MR) is 117 cm³/mol. The molecule has 0 fully saturated rings. The first-order chi connectivity index (χ1) is 14.1. The van der Waals surface area contributed by atoms with Crippen molar-refractivity contribution in [1.29, 1.82) is 0 Å². The first kappa shape index (κ1) is 25.7. The average Bonchev–Trinajstić information content (AvgIpc) is 2.69. The molecule has 0 unspecified atom stereocenters. The van der Waals surface area contributed by atoms with Gasteiger partial charge in [0.1, 0.15) is 34.7 Å². The van der Waals surface area contributed by atoms with Gasteiger partial charge in [0.25, 0.3) is 0 Å². The summed E-state index contributed by atoms with van der Waals surface area (Å²) in [6.45, 7) is 10.6. The van der Waals surface area contributed by atoms with Crippen LogP contribution < -0.4 is 14.2 Å². The number of methoxy groups -OCH3 is 3. The summed E-state index contributed by atoms with van der Waals surface area (Å²) >= 11 is 1.26. The van der Waals surface area contributed by atoms with Crippen molar-refractivity contribution in [2.75, 3.05) is 27.9 Å². The van der Waals surface area contributed by atoms with Crippen LogP contribution in [0.15, 0.2) is 24.8 Å². The third kappa shape index (κ3) is 7.48. The Balaban J connectivity index is 3.17. The Kier molecular flexibility index (Phi) is 10.0. The van der Waals surface area contributed by atoms with Gasteiger partial charge in [0.05, 0.1) is 27.2 Å². The van der Waals surface area contributed by atoms with E-state index in [1.54, 1.807) is 61.2 Å². The lowest BCUT2D eigenvalue weighted by Crippen LogP contribution is -2.37. The molecule has 1 aromatic rings. The highest BCUT2D eigenvalue weighted by Crippen LogP contribution is 2.38. The molecule has 1 rings (SSSR count). The van der Waals surface area contributed by atoms with E-state index >= 15 is 0 Å². The normalized spacial score (nSPS) is 13.0. The van der Waals surface area contributed by atoms with Crippen molar-refractivity contribution in [2.45, 2.75) is 44.3 Å². The zero-order valence-electron chi connectivity index (χ0n) is 18.8. The topological polar surface area (TPSA) is 80.3 Å². The van der Waals surface area contributed by atoms with Gasteiger partial charge in [-0.2, -0.15) is 0 Å². The molecular weight excluding hydrogens is 408 g/mol. The quantitative estimate of drug-likeness (QED) is 0.377. The highest BCUT2D eigenvalue weighted by molar-refractivity contribution is 7.99. The molecule has 0 amide bonds. The number of carbonyl (C=O) groups excluding carboxylic acids is 2. The van der Waals surface area contributed by atoms with Crippen LogP contribution in [0.5, 0.6) is 17.2 Å². The van der Waals surface area contributed by atoms with E-state index in [-0.39, 0.29) is 6.61 Å². The van der Waals surface area contributed by atoms with Crippen molar-refractivity contribution in [3.63, 3.8) is 0 Å². The maximum absolute atomic E-state index is 12.9. The second-order valence-electron chi connectivity index (χ2n) is 7.48. The Morgan fingerprint density at radius 3 is 2.07 bits per heavy atom. The number of ether oxygens (including phenoxy) is 5. The monoisotopic (exact) mass is 440 g/mol. The van der Waals surface area contributed by atoms with Crippen LogP contribution in [-0.4, -0.2) is 50.7 Å². The number of thioether (sulfide) groups is 1. The molecule has 0 heterocycles. The van der Waals surface area contributed by atoms with Crippen molar-refractivity contribution in [1.82, 2.24) is 0 Å². The molecular formula is C22H32O7S. The van der Waals surface area contributed by atoms with Gasteiger partial charge in [-0.3, -0.25) is 9.59 Å². The summed E-state index contributed by atoms with van der Waals surface area (Å²) in [6.07, 6.45) is 1.48. The second-order valence-corrected chi connectivity index (χ2v) is 8.61. The lowest BCUT2D eigenvalue weighted by atomic mass is 10.1. The van der Waals surface area contributed by atoms with E-state index < -0.39 is 28.7 Å². The van der Waals surface area contributed by atoms with Crippen LogP contribution in [0.4, 0.5) is 0 Å². The zero-order chi connectivity index (χ0) is 22.9. The summed E-state index contributed by atoms with van der Waals surface area (Å²) in [6, 6.07) is 3.48. The van der Waals surface area contributed by atoms with E-state index in [1.165, 1.54) is 17.8 Å². The molecule has 0 saturated carbocycles. The first-order valence-electron chi connectivity index (χ1n) is 9.48. The largest absolute Gasteiger partial charge is 0.496 e. The van der Waals surface area contributed by atoms with E-state index in [1.807, 2.05) is 0 Å². The summed E-state index contributed by atoms with van der Waals surface area (Å²) in [7, 11) is 4.64. The van der Waals surface area contributed by atoms with Crippen LogP contribution in [-0.2, 0) is 24.8 Å². The fourth-order valence-corrected chi connectivity index (χ4v) is 3.78. The van der Waals surface area contributed by atoms with Crippen LogP contribution in [0.1, 0.15) is 33.3 Å². The van der Waals surface area contributed by atoms with Crippen LogP contribution in [0, 0.1) is 5.92 Å². The molecule has 0 aliphatic carbocycles. The van der Waals surface area contributed by atoms with Gasteiger partial charge >= 0.3 is 11.9 Å². The summed E-state index contributed by atoms with van der Waals surface area (Å²) in [4.78, 5) is 25.3. The maximum Gasteiger partial charge on any atom is 0.320 e. The molecule has 0 aliphatic heterocycles. The van der Waals surface area contributed by atoms with E-state index in [9.17, 15) is 9.59 Å². The standard InChI is InChI=1S/C22H32O7S/c1-9-10-28-20(23)14(2)19(21(24)29-22(3,4)5)30-13-16-17(26-7)11-15(25-6)12-18(16)27-8/h9,11-12,14,19H,1,10,13H2,2-8H3/t14-,19+/m0/s1. The number of hydrogen-bond acceptors (Lipinski definition) is 8. The Morgan fingerprint density at radius 1 is 1.07 bits per heavy atom. The summed E-state index contributed by atoms with van der Waals surface area (Å²) in [5, 5.41) is -0.780. The Hall–Kier alpha value is -2.35. The predicted octanol–water partition coefficient (Wildman–Crippen LogP) is 4.02. The van der Waals surface area contributed by atoms with Gasteiger partial charge in [0.2, 0.25) is 0 Å².